The van der Waals surface area contributed by atoms with E-state index in [1.165, 1.54) is 25.7 Å². The highest BCUT2D eigenvalue weighted by Gasteiger charge is 2.39. The van der Waals surface area contributed by atoms with E-state index in [0.717, 1.165) is 17.4 Å². The Morgan fingerprint density at radius 2 is 2.05 bits per heavy atom. The lowest BCUT2D eigenvalue weighted by molar-refractivity contribution is 0.389. The monoisotopic (exact) mass is 273 g/mol. The Balaban J connectivity index is 1.46. The first-order chi connectivity index (χ1) is 9.31. The van der Waals surface area contributed by atoms with E-state index >= 15 is 0 Å². The molecule has 3 nitrogen and oxygen atoms in total. The average Bonchev–Trinajstić information content (AvgIpc) is 3.02. The fourth-order valence-corrected chi connectivity index (χ4v) is 3.53. The van der Waals surface area contributed by atoms with Gasteiger partial charge in [0, 0.05) is 6.04 Å². The third kappa shape index (κ3) is 3.13. The summed E-state index contributed by atoms with van der Waals surface area (Å²) in [6, 6.07) is 10.6. The molecular formula is C15H19N3S. The predicted octanol–water partition coefficient (Wildman–Crippen LogP) is 2.67. The number of benzene rings is 1. The normalized spacial score (nSPS) is 28.7. The molecule has 2 aliphatic carbocycles. The molecule has 2 bridgehead atoms. The lowest BCUT2D eigenvalue weighted by atomic mass is 9.96. The van der Waals surface area contributed by atoms with Gasteiger partial charge in [-0.05, 0) is 48.9 Å². The molecule has 0 unspecified atom stereocenters. The second kappa shape index (κ2) is 5.70. The number of hydrazone groups is 1. The molecule has 4 heteroatoms. The van der Waals surface area contributed by atoms with Gasteiger partial charge in [0.1, 0.15) is 0 Å². The molecular weight excluding hydrogens is 254 g/mol. The molecule has 0 radical (unpaired) electrons. The van der Waals surface area contributed by atoms with Crippen molar-refractivity contribution in [1.29, 1.82) is 0 Å². The summed E-state index contributed by atoms with van der Waals surface area (Å²) in [7, 11) is 0. The summed E-state index contributed by atoms with van der Waals surface area (Å²) in [5.41, 5.74) is 3.97. The molecule has 0 heterocycles. The molecule has 0 aromatic heterocycles. The van der Waals surface area contributed by atoms with E-state index in [2.05, 4.69) is 15.8 Å². The summed E-state index contributed by atoms with van der Waals surface area (Å²) in [6.07, 6.45) is 7.21. The van der Waals surface area contributed by atoms with Crippen LogP contribution in [0.2, 0.25) is 0 Å². The molecule has 0 aliphatic heterocycles. The highest BCUT2D eigenvalue weighted by Crippen LogP contribution is 2.44. The minimum Gasteiger partial charge on any atom is -0.358 e. The Kier molecular flexibility index (Phi) is 3.78. The highest BCUT2D eigenvalue weighted by molar-refractivity contribution is 7.80. The van der Waals surface area contributed by atoms with Crippen LogP contribution < -0.4 is 10.7 Å². The van der Waals surface area contributed by atoms with E-state index < -0.39 is 0 Å². The zero-order valence-corrected chi connectivity index (χ0v) is 11.7. The van der Waals surface area contributed by atoms with Crippen LogP contribution >= 0.6 is 12.2 Å². The van der Waals surface area contributed by atoms with E-state index in [-0.39, 0.29) is 0 Å². The number of fused-ring (bicyclic) bond motifs is 2. The largest absolute Gasteiger partial charge is 0.358 e. The number of nitrogens with zero attached hydrogens (tertiary/aromatic N) is 1. The Bertz CT molecular complexity index is 472. The van der Waals surface area contributed by atoms with Crippen molar-refractivity contribution in [3.8, 4) is 0 Å². The summed E-state index contributed by atoms with van der Waals surface area (Å²) in [5, 5.41) is 8.21. The fraction of sp³-hybridized carbons (Fsp3) is 0.467. The molecule has 2 aliphatic rings. The molecule has 0 amide bonds. The van der Waals surface area contributed by atoms with Gasteiger partial charge in [-0.25, -0.2) is 0 Å². The van der Waals surface area contributed by atoms with Crippen molar-refractivity contribution in [2.24, 2.45) is 16.9 Å². The van der Waals surface area contributed by atoms with Crippen molar-refractivity contribution in [1.82, 2.24) is 10.7 Å². The maximum absolute atomic E-state index is 5.29. The molecule has 3 rings (SSSR count). The molecule has 2 N–H and O–H groups in total. The fourth-order valence-electron chi connectivity index (χ4n) is 3.33. The lowest BCUT2D eigenvalue weighted by Gasteiger charge is -2.23. The summed E-state index contributed by atoms with van der Waals surface area (Å²) in [5.74, 6) is 1.75. The maximum Gasteiger partial charge on any atom is 0.187 e. The Hall–Kier alpha value is -1.42. The maximum atomic E-state index is 5.29. The Morgan fingerprint density at radius 3 is 2.74 bits per heavy atom. The van der Waals surface area contributed by atoms with Crippen molar-refractivity contribution in [2.75, 3.05) is 0 Å². The first-order valence-corrected chi connectivity index (χ1v) is 7.37. The van der Waals surface area contributed by atoms with Crippen LogP contribution in [-0.4, -0.2) is 17.4 Å². The summed E-state index contributed by atoms with van der Waals surface area (Å²) < 4.78 is 0. The van der Waals surface area contributed by atoms with Gasteiger partial charge in [0.25, 0.3) is 0 Å². The van der Waals surface area contributed by atoms with Crippen molar-refractivity contribution in [2.45, 2.75) is 31.7 Å². The lowest BCUT2D eigenvalue weighted by Crippen LogP contribution is -2.42. The average molecular weight is 273 g/mol. The topological polar surface area (TPSA) is 36.4 Å². The number of nitrogens with one attached hydrogen (secondary N) is 2. The second-order valence-electron chi connectivity index (χ2n) is 5.54. The van der Waals surface area contributed by atoms with Gasteiger partial charge in [-0.3, -0.25) is 5.43 Å². The summed E-state index contributed by atoms with van der Waals surface area (Å²) >= 11 is 5.29. The van der Waals surface area contributed by atoms with E-state index in [1.54, 1.807) is 6.21 Å². The molecule has 0 spiro atoms. The zero-order chi connectivity index (χ0) is 13.1. The van der Waals surface area contributed by atoms with Crippen LogP contribution in [-0.2, 0) is 0 Å². The second-order valence-corrected chi connectivity index (χ2v) is 5.94. The summed E-state index contributed by atoms with van der Waals surface area (Å²) in [6.45, 7) is 0. The summed E-state index contributed by atoms with van der Waals surface area (Å²) in [4.78, 5) is 0. The van der Waals surface area contributed by atoms with Gasteiger partial charge in [-0.15, -0.1) is 0 Å². The van der Waals surface area contributed by atoms with E-state index in [0.29, 0.717) is 11.2 Å². The number of hydrogen-bond acceptors (Lipinski definition) is 2. The number of hydrogen-bond donors (Lipinski definition) is 2. The third-order valence-electron chi connectivity index (χ3n) is 4.23. The first-order valence-electron chi connectivity index (χ1n) is 6.96. The highest BCUT2D eigenvalue weighted by atomic mass is 32.1. The number of thiocarbonyl (C=S) groups is 1. The minimum absolute atomic E-state index is 0.561. The van der Waals surface area contributed by atoms with Crippen LogP contribution in [0, 0.1) is 11.8 Å². The molecule has 19 heavy (non-hydrogen) atoms. The molecule has 100 valence electrons. The van der Waals surface area contributed by atoms with Gasteiger partial charge in [0.15, 0.2) is 5.11 Å². The first kappa shape index (κ1) is 12.6. The Labute approximate surface area is 119 Å². The minimum atomic E-state index is 0.561. The molecule has 3 atom stereocenters. The third-order valence-corrected chi connectivity index (χ3v) is 4.44. The van der Waals surface area contributed by atoms with Crippen LogP contribution in [0.1, 0.15) is 31.2 Å². The Morgan fingerprint density at radius 1 is 1.21 bits per heavy atom. The molecule has 1 aromatic rings. The van der Waals surface area contributed by atoms with Gasteiger partial charge in [0.2, 0.25) is 0 Å². The van der Waals surface area contributed by atoms with Crippen molar-refractivity contribution in [3.63, 3.8) is 0 Å². The SMILES string of the molecule is S=C(N/N=C\c1ccccc1)N[C@@H]1C[C@H]2CC[C@@H]1C2. The quantitative estimate of drug-likeness (QED) is 0.505. The smallest absolute Gasteiger partial charge is 0.187 e. The van der Waals surface area contributed by atoms with Gasteiger partial charge in [-0.2, -0.15) is 5.10 Å². The predicted molar refractivity (Wildman–Crippen MR) is 82.1 cm³/mol. The molecule has 1 aromatic carbocycles. The van der Waals surface area contributed by atoms with Crippen LogP contribution in [0.15, 0.2) is 35.4 Å². The van der Waals surface area contributed by atoms with Crippen LogP contribution in [0.3, 0.4) is 0 Å². The van der Waals surface area contributed by atoms with Crippen LogP contribution in [0.25, 0.3) is 0 Å². The van der Waals surface area contributed by atoms with Gasteiger partial charge < -0.3 is 5.32 Å². The van der Waals surface area contributed by atoms with Crippen molar-refractivity contribution >= 4 is 23.5 Å². The zero-order valence-electron chi connectivity index (χ0n) is 10.9. The standard InChI is InChI=1S/C15H19N3S/c19-15(17-14-9-12-6-7-13(14)8-12)18-16-10-11-4-2-1-3-5-11/h1-5,10,12-14H,6-9H2,(H2,17,18,19)/b16-10-/t12-,13+,14+/m0/s1. The van der Waals surface area contributed by atoms with Gasteiger partial charge in [-0.1, -0.05) is 36.8 Å². The van der Waals surface area contributed by atoms with Crippen molar-refractivity contribution in [3.05, 3.63) is 35.9 Å². The van der Waals surface area contributed by atoms with Gasteiger partial charge >= 0.3 is 0 Å². The van der Waals surface area contributed by atoms with E-state index in [9.17, 15) is 0 Å². The molecule has 2 fully saturated rings. The van der Waals surface area contributed by atoms with Gasteiger partial charge in [0.05, 0.1) is 6.21 Å². The number of rotatable bonds is 3. The van der Waals surface area contributed by atoms with Crippen LogP contribution in [0.4, 0.5) is 0 Å². The van der Waals surface area contributed by atoms with Crippen molar-refractivity contribution < 1.29 is 0 Å². The van der Waals surface area contributed by atoms with E-state index in [1.807, 2.05) is 30.3 Å². The molecule has 0 saturated heterocycles. The van der Waals surface area contributed by atoms with Crippen LogP contribution in [0.5, 0.6) is 0 Å². The molecule has 2 saturated carbocycles. The van der Waals surface area contributed by atoms with E-state index in [4.69, 9.17) is 12.2 Å².